The van der Waals surface area contributed by atoms with Crippen molar-refractivity contribution >= 4 is 23.3 Å². The van der Waals surface area contributed by atoms with Crippen molar-refractivity contribution in [1.82, 2.24) is 9.88 Å². The van der Waals surface area contributed by atoms with Crippen molar-refractivity contribution in [3.05, 3.63) is 64.0 Å². The van der Waals surface area contributed by atoms with Gasteiger partial charge in [0.1, 0.15) is 6.07 Å². The Balaban J connectivity index is 1.41. The molecule has 1 aliphatic heterocycles. The number of fused-ring (bicyclic) bond motifs is 1. The molecule has 6 heteroatoms. The lowest BCUT2D eigenvalue weighted by atomic mass is 9.92. The molecule has 4 rings (SSSR count). The van der Waals surface area contributed by atoms with Crippen LogP contribution in [0.25, 0.3) is 6.08 Å². The lowest BCUT2D eigenvalue weighted by Crippen LogP contribution is -2.46. The second-order valence-corrected chi connectivity index (χ2v) is 8.39. The van der Waals surface area contributed by atoms with Gasteiger partial charge in [0, 0.05) is 57.3 Å². The number of anilines is 1. The van der Waals surface area contributed by atoms with Crippen molar-refractivity contribution in [3.63, 3.8) is 0 Å². The maximum absolute atomic E-state index is 12.2. The molecule has 1 aromatic heterocycles. The second kappa shape index (κ2) is 9.46. The SMILES string of the molecule is CCC(=O)c1ccc(N2CCN(Cc3cnc4c(c3)CC(=O)C(CC)=C4)CC2)c(C#N)c1. The molecule has 0 unspecified atom stereocenters. The molecule has 1 aliphatic carbocycles. The van der Waals surface area contributed by atoms with Crippen LogP contribution in [0.3, 0.4) is 0 Å². The number of piperazine rings is 1. The Morgan fingerprint density at radius 3 is 2.62 bits per heavy atom. The Bertz CT molecular complexity index is 1120. The molecular formula is C26H28N4O2. The highest BCUT2D eigenvalue weighted by molar-refractivity contribution is 6.03. The number of ketones is 2. The summed E-state index contributed by atoms with van der Waals surface area (Å²) in [7, 11) is 0. The monoisotopic (exact) mass is 428 g/mol. The van der Waals surface area contributed by atoms with Crippen molar-refractivity contribution in [1.29, 1.82) is 5.26 Å². The predicted molar refractivity (Wildman–Crippen MR) is 124 cm³/mol. The van der Waals surface area contributed by atoms with Crippen LogP contribution >= 0.6 is 0 Å². The summed E-state index contributed by atoms with van der Waals surface area (Å²) in [4.78, 5) is 33.4. The minimum atomic E-state index is 0.0552. The van der Waals surface area contributed by atoms with Crippen molar-refractivity contribution in [2.24, 2.45) is 0 Å². The van der Waals surface area contributed by atoms with Crippen LogP contribution in [-0.4, -0.2) is 47.6 Å². The highest BCUT2D eigenvalue weighted by Gasteiger charge is 2.22. The van der Waals surface area contributed by atoms with Crippen molar-refractivity contribution in [2.45, 2.75) is 39.7 Å². The average molecular weight is 429 g/mol. The summed E-state index contributed by atoms with van der Waals surface area (Å²) in [6.45, 7) is 8.00. The fraction of sp³-hybridized carbons (Fsp3) is 0.385. The van der Waals surface area contributed by atoms with Gasteiger partial charge in [0.05, 0.1) is 16.9 Å². The fourth-order valence-corrected chi connectivity index (χ4v) is 4.44. The van der Waals surface area contributed by atoms with Gasteiger partial charge in [-0.3, -0.25) is 19.5 Å². The summed E-state index contributed by atoms with van der Waals surface area (Å²) in [5, 5.41) is 9.59. The van der Waals surface area contributed by atoms with Gasteiger partial charge in [-0.2, -0.15) is 5.26 Å². The van der Waals surface area contributed by atoms with E-state index in [0.717, 1.165) is 67.2 Å². The molecule has 2 aliphatic rings. The molecule has 1 saturated heterocycles. The summed E-state index contributed by atoms with van der Waals surface area (Å²) in [6.07, 6.45) is 5.47. The molecular weight excluding hydrogens is 400 g/mol. The molecule has 0 saturated carbocycles. The zero-order valence-electron chi connectivity index (χ0n) is 18.7. The molecule has 164 valence electrons. The zero-order chi connectivity index (χ0) is 22.7. The molecule has 2 heterocycles. The minimum absolute atomic E-state index is 0.0552. The minimum Gasteiger partial charge on any atom is -0.368 e. The topological polar surface area (TPSA) is 77.3 Å². The fourth-order valence-electron chi connectivity index (χ4n) is 4.44. The third-order valence-corrected chi connectivity index (χ3v) is 6.34. The van der Waals surface area contributed by atoms with Gasteiger partial charge in [-0.1, -0.05) is 19.9 Å². The van der Waals surface area contributed by atoms with Crippen LogP contribution in [0.1, 0.15) is 59.4 Å². The maximum Gasteiger partial charge on any atom is 0.163 e. The maximum atomic E-state index is 12.2. The van der Waals surface area contributed by atoms with Crippen LogP contribution in [0.2, 0.25) is 0 Å². The van der Waals surface area contributed by atoms with E-state index in [1.165, 1.54) is 0 Å². The number of hydrogen-bond acceptors (Lipinski definition) is 6. The highest BCUT2D eigenvalue weighted by Crippen LogP contribution is 2.25. The van der Waals surface area contributed by atoms with Gasteiger partial charge in [0.25, 0.3) is 0 Å². The Morgan fingerprint density at radius 1 is 1.16 bits per heavy atom. The summed E-state index contributed by atoms with van der Waals surface area (Å²) < 4.78 is 0. The van der Waals surface area contributed by atoms with Gasteiger partial charge in [-0.05, 0) is 47.4 Å². The van der Waals surface area contributed by atoms with Crippen molar-refractivity contribution < 1.29 is 9.59 Å². The average Bonchev–Trinajstić information content (AvgIpc) is 2.83. The Hall–Kier alpha value is -3.30. The van der Waals surface area contributed by atoms with E-state index in [0.29, 0.717) is 24.0 Å². The van der Waals surface area contributed by atoms with Gasteiger partial charge in [-0.15, -0.1) is 0 Å². The van der Waals surface area contributed by atoms with E-state index in [4.69, 9.17) is 0 Å². The Labute approximate surface area is 189 Å². The highest BCUT2D eigenvalue weighted by atomic mass is 16.1. The lowest BCUT2D eigenvalue weighted by Gasteiger charge is -2.36. The van der Waals surface area contributed by atoms with E-state index in [9.17, 15) is 14.9 Å². The number of carbonyl (C=O) groups is 2. The van der Waals surface area contributed by atoms with Crippen LogP contribution in [0, 0.1) is 11.3 Å². The van der Waals surface area contributed by atoms with E-state index < -0.39 is 0 Å². The number of Topliss-reactive ketones (excluding diaryl/α,β-unsaturated/α-hetero) is 2. The smallest absolute Gasteiger partial charge is 0.163 e. The van der Waals surface area contributed by atoms with Crippen LogP contribution in [-0.2, 0) is 17.8 Å². The number of benzene rings is 1. The first kappa shape index (κ1) is 21.9. The molecule has 0 bridgehead atoms. The molecule has 2 aromatic rings. The molecule has 0 amide bonds. The van der Waals surface area contributed by atoms with E-state index in [1.807, 2.05) is 38.3 Å². The number of nitriles is 1. The molecule has 32 heavy (non-hydrogen) atoms. The summed E-state index contributed by atoms with van der Waals surface area (Å²) in [5.41, 5.74) is 5.97. The summed E-state index contributed by atoms with van der Waals surface area (Å²) in [6, 6.07) is 9.82. The number of nitrogens with zero attached hydrogens (tertiary/aromatic N) is 4. The molecule has 0 atom stereocenters. The Kier molecular flexibility index (Phi) is 6.48. The predicted octanol–water partition coefficient (Wildman–Crippen LogP) is 3.79. The number of rotatable bonds is 6. The number of pyridine rings is 1. The van der Waals surface area contributed by atoms with Crippen LogP contribution in [0.4, 0.5) is 5.69 Å². The van der Waals surface area contributed by atoms with Gasteiger partial charge in [-0.25, -0.2) is 0 Å². The van der Waals surface area contributed by atoms with Crippen molar-refractivity contribution in [3.8, 4) is 6.07 Å². The number of allylic oxidation sites excluding steroid dienone is 1. The normalized spacial score (nSPS) is 16.3. The third-order valence-electron chi connectivity index (χ3n) is 6.34. The molecule has 6 nitrogen and oxygen atoms in total. The van der Waals surface area contributed by atoms with E-state index in [-0.39, 0.29) is 11.6 Å². The molecule has 0 N–H and O–H groups in total. The van der Waals surface area contributed by atoms with E-state index in [2.05, 4.69) is 26.9 Å². The van der Waals surface area contributed by atoms with Gasteiger partial charge in [0.2, 0.25) is 0 Å². The number of hydrogen-bond donors (Lipinski definition) is 0. The quantitative estimate of drug-likeness (QED) is 0.652. The van der Waals surface area contributed by atoms with E-state index in [1.54, 1.807) is 6.07 Å². The van der Waals surface area contributed by atoms with Crippen LogP contribution < -0.4 is 4.90 Å². The van der Waals surface area contributed by atoms with Gasteiger partial charge < -0.3 is 4.90 Å². The van der Waals surface area contributed by atoms with Crippen LogP contribution in [0.5, 0.6) is 0 Å². The molecule has 0 spiro atoms. The number of aromatic nitrogens is 1. The first-order valence-corrected chi connectivity index (χ1v) is 11.3. The second-order valence-electron chi connectivity index (χ2n) is 8.39. The van der Waals surface area contributed by atoms with E-state index >= 15 is 0 Å². The standard InChI is InChI=1S/C26H28N4O2/c1-3-19-13-23-21(14-26(19)32)11-18(16-28-23)17-29-7-9-30(10-8-29)24-6-5-20(25(31)4-2)12-22(24)15-27/h5-6,11-13,16H,3-4,7-10,14,17H2,1-2H3. The molecule has 1 aromatic carbocycles. The molecule has 1 fully saturated rings. The number of carbonyl (C=O) groups excluding carboxylic acids is 2. The van der Waals surface area contributed by atoms with Gasteiger partial charge in [0.15, 0.2) is 11.6 Å². The van der Waals surface area contributed by atoms with Crippen LogP contribution in [0.15, 0.2) is 36.0 Å². The zero-order valence-corrected chi connectivity index (χ0v) is 18.7. The largest absolute Gasteiger partial charge is 0.368 e. The Morgan fingerprint density at radius 2 is 1.94 bits per heavy atom. The summed E-state index contributed by atoms with van der Waals surface area (Å²) in [5.74, 6) is 0.257. The van der Waals surface area contributed by atoms with Crippen molar-refractivity contribution in [2.75, 3.05) is 31.1 Å². The molecule has 0 radical (unpaired) electrons. The first-order chi connectivity index (χ1) is 15.5. The first-order valence-electron chi connectivity index (χ1n) is 11.3. The lowest BCUT2D eigenvalue weighted by molar-refractivity contribution is -0.115. The van der Waals surface area contributed by atoms with Gasteiger partial charge >= 0.3 is 0 Å². The summed E-state index contributed by atoms with van der Waals surface area (Å²) >= 11 is 0. The third kappa shape index (κ3) is 4.49.